The summed E-state index contributed by atoms with van der Waals surface area (Å²) in [5.41, 5.74) is 6.61. The Hall–Kier alpha value is -4.08. The number of alkyl halides is 3. The number of aliphatic carboxylic acids is 1. The number of aliphatic imine (C=N–C) groups is 1. The zero-order valence-electron chi connectivity index (χ0n) is 22.8. The van der Waals surface area contributed by atoms with Crippen molar-refractivity contribution in [3.63, 3.8) is 0 Å². The predicted molar refractivity (Wildman–Crippen MR) is 145 cm³/mol. The first kappa shape index (κ1) is 30.9. The molecular weight excluding hydrogens is 584 g/mol. The summed E-state index contributed by atoms with van der Waals surface area (Å²) in [6.45, 7) is 1.76. The quantitative estimate of drug-likeness (QED) is 0.401. The van der Waals surface area contributed by atoms with Crippen LogP contribution >= 0.6 is 0 Å². The van der Waals surface area contributed by atoms with Crippen LogP contribution in [0.15, 0.2) is 50.5 Å². The van der Waals surface area contributed by atoms with Gasteiger partial charge in [-0.3, -0.25) is 4.99 Å². The summed E-state index contributed by atoms with van der Waals surface area (Å²) < 4.78 is 75.2. The van der Waals surface area contributed by atoms with Gasteiger partial charge in [-0.25, -0.2) is 27.7 Å². The highest BCUT2D eigenvalue weighted by atomic mass is 32.2. The van der Waals surface area contributed by atoms with Gasteiger partial charge >= 0.3 is 12.1 Å². The minimum atomic E-state index is -5.08. The molecule has 3 aromatic rings. The molecule has 1 aliphatic carbocycles. The molecule has 1 spiro atoms. The van der Waals surface area contributed by atoms with E-state index in [-0.39, 0.29) is 11.3 Å². The first-order valence-corrected chi connectivity index (χ1v) is 14.3. The van der Waals surface area contributed by atoms with E-state index in [9.17, 15) is 17.4 Å². The molecule has 2 atom stereocenters. The van der Waals surface area contributed by atoms with E-state index >= 15 is 4.39 Å². The van der Waals surface area contributed by atoms with Crippen LogP contribution < -0.4 is 10.5 Å². The Morgan fingerprint density at radius 3 is 2.36 bits per heavy atom. The van der Waals surface area contributed by atoms with Crippen LogP contribution in [0.25, 0.3) is 22.8 Å². The van der Waals surface area contributed by atoms with E-state index < -0.39 is 38.0 Å². The third kappa shape index (κ3) is 5.67. The highest BCUT2D eigenvalue weighted by Crippen LogP contribution is 2.46. The maximum Gasteiger partial charge on any atom is 0.490 e. The number of halogens is 4. The van der Waals surface area contributed by atoms with Crippen molar-refractivity contribution in [1.29, 1.82) is 0 Å². The van der Waals surface area contributed by atoms with Gasteiger partial charge in [0.25, 0.3) is 0 Å². The van der Waals surface area contributed by atoms with Crippen LogP contribution in [-0.2, 0) is 20.1 Å². The Bertz CT molecular complexity index is 1630. The van der Waals surface area contributed by atoms with E-state index in [1.165, 1.54) is 25.6 Å². The van der Waals surface area contributed by atoms with Crippen LogP contribution in [0, 0.1) is 5.82 Å². The number of benzene rings is 1. The maximum absolute atomic E-state index is 15.2. The molecule has 1 aliphatic heterocycles. The van der Waals surface area contributed by atoms with Crippen molar-refractivity contribution >= 4 is 21.5 Å². The second-order valence-corrected chi connectivity index (χ2v) is 12.7. The molecule has 5 rings (SSSR count). The summed E-state index contributed by atoms with van der Waals surface area (Å²) in [5.74, 6) is -1.52. The topological polar surface area (TPSA) is 166 Å². The van der Waals surface area contributed by atoms with Gasteiger partial charge in [0.1, 0.15) is 21.9 Å². The van der Waals surface area contributed by atoms with Crippen LogP contribution in [0.2, 0.25) is 0 Å². The fraction of sp³-hybridized carbons (Fsp3) is 0.423. The average molecular weight is 613 g/mol. The number of nitrogens with zero attached hydrogens (tertiary/aromatic N) is 5. The van der Waals surface area contributed by atoms with Crippen LogP contribution in [0.5, 0.6) is 5.75 Å². The summed E-state index contributed by atoms with van der Waals surface area (Å²) in [4.78, 5) is 22.1. The van der Waals surface area contributed by atoms with E-state index in [0.29, 0.717) is 47.3 Å². The lowest BCUT2D eigenvalue weighted by Crippen LogP contribution is -2.56. The number of carbonyl (C=O) groups is 1. The molecule has 1 saturated carbocycles. The molecule has 2 aliphatic rings. The second kappa shape index (κ2) is 11.3. The number of rotatable bonds is 4. The van der Waals surface area contributed by atoms with E-state index in [2.05, 4.69) is 19.5 Å². The summed E-state index contributed by atoms with van der Waals surface area (Å²) in [6, 6.07) is 6.26. The zero-order chi connectivity index (χ0) is 30.9. The molecule has 1 aromatic carbocycles. The van der Waals surface area contributed by atoms with Crippen molar-refractivity contribution in [2.24, 2.45) is 15.1 Å². The van der Waals surface area contributed by atoms with Gasteiger partial charge in [-0.2, -0.15) is 13.2 Å². The molecule has 3 heterocycles. The van der Waals surface area contributed by atoms with Crippen molar-refractivity contribution in [3.05, 3.63) is 48.0 Å². The van der Waals surface area contributed by atoms with Crippen molar-refractivity contribution in [1.82, 2.24) is 15.1 Å². The molecule has 1 fully saturated rings. The van der Waals surface area contributed by atoms with Crippen LogP contribution in [-0.4, -0.2) is 67.1 Å². The molecular formula is C26H28F4N6O5S. The highest BCUT2D eigenvalue weighted by Gasteiger charge is 2.54. The van der Waals surface area contributed by atoms with Gasteiger partial charge in [0.05, 0.1) is 35.0 Å². The molecule has 0 saturated heterocycles. The molecule has 42 heavy (non-hydrogen) atoms. The largest absolute Gasteiger partial charge is 0.494 e. The normalized spacial score (nSPS) is 23.1. The lowest BCUT2D eigenvalue weighted by molar-refractivity contribution is -0.192. The van der Waals surface area contributed by atoms with E-state index in [4.69, 9.17) is 29.9 Å². The molecule has 0 amide bonds. The minimum absolute atomic E-state index is 0.0961. The van der Waals surface area contributed by atoms with Crippen molar-refractivity contribution in [2.75, 3.05) is 19.9 Å². The Kier molecular flexibility index (Phi) is 8.31. The molecule has 0 radical (unpaired) electrons. The first-order chi connectivity index (χ1) is 19.7. The van der Waals surface area contributed by atoms with Gasteiger partial charge < -0.3 is 20.1 Å². The number of amidine groups is 1. The summed E-state index contributed by atoms with van der Waals surface area (Å²) >= 11 is 0. The maximum atomic E-state index is 15.2. The number of hydrogen-bond donors (Lipinski definition) is 2. The fourth-order valence-corrected chi connectivity index (χ4v) is 8.18. The van der Waals surface area contributed by atoms with E-state index in [1.54, 1.807) is 32.2 Å². The lowest BCUT2D eigenvalue weighted by Gasteiger charge is -2.42. The molecule has 226 valence electrons. The van der Waals surface area contributed by atoms with Gasteiger partial charge in [-0.1, -0.05) is 18.0 Å². The smallest absolute Gasteiger partial charge is 0.490 e. The number of nitrogens with two attached hydrogens (primary N) is 1. The monoisotopic (exact) mass is 612 g/mol. The van der Waals surface area contributed by atoms with Gasteiger partial charge in [-0.15, -0.1) is 0 Å². The van der Waals surface area contributed by atoms with Crippen molar-refractivity contribution in [3.8, 4) is 28.6 Å². The Morgan fingerprint density at radius 1 is 1.19 bits per heavy atom. The van der Waals surface area contributed by atoms with Crippen LogP contribution in [0.3, 0.4) is 0 Å². The zero-order valence-corrected chi connectivity index (χ0v) is 23.6. The standard InChI is InChI=1S/C24H27FN6O3S.C2HF3O2/c1-23(14-35(32,27-2)24(22(26)30-23)8-4-5-9-24)17-10-15(6-7-18(17)25)20-11-19(31-34-20)21-28-12-16(33-3)13-29-21;3-2(4,5)1(6)7/h6-7,10-13H,4-5,8-9,14H2,1-3H3,(H2,26,30);(H,6,7)/t23-,35+;/m0./s1. The molecule has 2 aromatic heterocycles. The summed E-state index contributed by atoms with van der Waals surface area (Å²) in [7, 11) is 0.327. The SMILES string of the molecule is CN=[S@@]1(=O)C[C@@](C)(c2cc(-c3cc(-c4ncc(OC)cn4)no3)ccc2F)N=C(N)C12CCCC2.O=C(O)C(F)(F)F. The first-order valence-electron chi connectivity index (χ1n) is 12.6. The highest BCUT2D eigenvalue weighted by molar-refractivity contribution is 7.95. The fourth-order valence-electron chi connectivity index (χ4n) is 5.14. The average Bonchev–Trinajstić information content (AvgIpc) is 3.64. The summed E-state index contributed by atoms with van der Waals surface area (Å²) in [6.07, 6.45) is 1.21. The Balaban J connectivity index is 0.000000517. The van der Waals surface area contributed by atoms with Crippen molar-refractivity contribution < 1.29 is 40.9 Å². The molecule has 0 unspecified atom stereocenters. The number of hydrogen-bond acceptors (Lipinski definition) is 10. The number of aromatic nitrogens is 3. The van der Waals surface area contributed by atoms with E-state index in [0.717, 1.165) is 12.8 Å². The van der Waals surface area contributed by atoms with Gasteiger partial charge in [0, 0.05) is 24.2 Å². The molecule has 0 bridgehead atoms. The number of ether oxygens (including phenoxy) is 1. The summed E-state index contributed by atoms with van der Waals surface area (Å²) in [5, 5.41) is 11.2. The number of carboxylic acids is 1. The number of carboxylic acid groups (broad SMARTS) is 1. The molecule has 16 heteroatoms. The number of methoxy groups -OCH3 is 1. The Morgan fingerprint density at radius 2 is 1.81 bits per heavy atom. The minimum Gasteiger partial charge on any atom is -0.494 e. The lowest BCUT2D eigenvalue weighted by atomic mass is 9.91. The Labute approximate surface area is 238 Å². The van der Waals surface area contributed by atoms with Gasteiger partial charge in [0.2, 0.25) is 0 Å². The van der Waals surface area contributed by atoms with Crippen LogP contribution in [0.4, 0.5) is 17.6 Å². The predicted octanol–water partition coefficient (Wildman–Crippen LogP) is 4.58. The third-order valence-electron chi connectivity index (χ3n) is 7.30. The molecule has 3 N–H and O–H groups in total. The van der Waals surface area contributed by atoms with Crippen molar-refractivity contribution in [2.45, 2.75) is 49.1 Å². The second-order valence-electron chi connectivity index (χ2n) is 9.96. The molecule has 11 nitrogen and oxygen atoms in total. The van der Waals surface area contributed by atoms with Crippen LogP contribution in [0.1, 0.15) is 38.2 Å². The third-order valence-corrected chi connectivity index (χ3v) is 10.7. The van der Waals surface area contributed by atoms with E-state index in [1.807, 2.05) is 0 Å². The van der Waals surface area contributed by atoms with Gasteiger partial charge in [-0.05, 0) is 38.0 Å². The van der Waals surface area contributed by atoms with Gasteiger partial charge in [0.15, 0.2) is 23.0 Å².